The highest BCUT2D eigenvalue weighted by molar-refractivity contribution is 7.99. The zero-order chi connectivity index (χ0) is 18.2. The van der Waals surface area contributed by atoms with Gasteiger partial charge in [-0.1, -0.05) is 42.0 Å². The number of benzene rings is 2. The summed E-state index contributed by atoms with van der Waals surface area (Å²) < 4.78 is 0. The molecule has 0 aromatic heterocycles. The zero-order valence-corrected chi connectivity index (χ0v) is 16.4. The van der Waals surface area contributed by atoms with Gasteiger partial charge in [-0.05, 0) is 49.4 Å². The maximum Gasteiger partial charge on any atom is 0.230 e. The van der Waals surface area contributed by atoms with Gasteiger partial charge in [0.05, 0.1) is 5.75 Å². The van der Waals surface area contributed by atoms with E-state index in [2.05, 4.69) is 65.7 Å². The molecule has 2 aromatic carbocycles. The molecule has 1 amide bonds. The van der Waals surface area contributed by atoms with Crippen LogP contribution in [-0.4, -0.2) is 24.7 Å². The second-order valence-electron chi connectivity index (χ2n) is 6.97. The molecule has 1 saturated heterocycles. The summed E-state index contributed by atoms with van der Waals surface area (Å²) in [4.78, 5) is 14.5. The normalized spacial score (nSPS) is 14.3. The number of hydrogen-bond donors (Lipinski definition) is 1. The third-order valence-corrected chi connectivity index (χ3v) is 5.74. The molecule has 3 nitrogen and oxygen atoms in total. The highest BCUT2D eigenvalue weighted by atomic mass is 32.2. The molecule has 1 heterocycles. The summed E-state index contributed by atoms with van der Waals surface area (Å²) in [5.41, 5.74) is 4.99. The third kappa shape index (κ3) is 5.80. The predicted octanol–water partition coefficient (Wildman–Crippen LogP) is 4.53. The van der Waals surface area contributed by atoms with Gasteiger partial charge in [0.15, 0.2) is 0 Å². The van der Waals surface area contributed by atoms with E-state index in [4.69, 9.17) is 0 Å². The molecular weight excluding hydrogens is 340 g/mol. The van der Waals surface area contributed by atoms with Gasteiger partial charge in [0.2, 0.25) is 5.91 Å². The second kappa shape index (κ2) is 9.67. The van der Waals surface area contributed by atoms with Crippen LogP contribution in [0.3, 0.4) is 0 Å². The van der Waals surface area contributed by atoms with Crippen LogP contribution >= 0.6 is 11.8 Å². The molecule has 138 valence electrons. The van der Waals surface area contributed by atoms with E-state index in [0.717, 1.165) is 24.4 Å². The summed E-state index contributed by atoms with van der Waals surface area (Å²) in [6.07, 6.45) is 3.93. The first-order valence-electron chi connectivity index (χ1n) is 9.44. The van der Waals surface area contributed by atoms with Crippen LogP contribution in [0.25, 0.3) is 0 Å². The van der Waals surface area contributed by atoms with Crippen molar-refractivity contribution in [2.75, 3.05) is 23.7 Å². The van der Waals surface area contributed by atoms with E-state index in [1.54, 1.807) is 11.8 Å². The topological polar surface area (TPSA) is 32.3 Å². The molecule has 0 spiro atoms. The van der Waals surface area contributed by atoms with E-state index < -0.39 is 0 Å². The van der Waals surface area contributed by atoms with Crippen LogP contribution < -0.4 is 10.2 Å². The number of carbonyl (C=O) groups excluding carboxylic acids is 1. The van der Waals surface area contributed by atoms with E-state index >= 15 is 0 Å². The second-order valence-corrected chi connectivity index (χ2v) is 7.96. The lowest BCUT2D eigenvalue weighted by molar-refractivity contribution is -0.118. The summed E-state index contributed by atoms with van der Waals surface area (Å²) in [6.45, 7) is 5.02. The van der Waals surface area contributed by atoms with Gasteiger partial charge < -0.3 is 10.2 Å². The van der Waals surface area contributed by atoms with Crippen LogP contribution in [0.1, 0.15) is 36.0 Å². The van der Waals surface area contributed by atoms with E-state index in [1.165, 1.54) is 36.1 Å². The maximum absolute atomic E-state index is 12.0. The molecule has 26 heavy (non-hydrogen) atoms. The Morgan fingerprint density at radius 1 is 1.04 bits per heavy atom. The number of piperidine rings is 1. The molecule has 1 aliphatic rings. The largest absolute Gasteiger partial charge is 0.372 e. The molecule has 0 atom stereocenters. The highest BCUT2D eigenvalue weighted by Gasteiger charge is 2.10. The fourth-order valence-electron chi connectivity index (χ4n) is 3.29. The number of rotatable bonds is 7. The lowest BCUT2D eigenvalue weighted by Crippen LogP contribution is -2.29. The van der Waals surface area contributed by atoms with Gasteiger partial charge in [0, 0.05) is 31.1 Å². The van der Waals surface area contributed by atoms with Crippen LogP contribution in [0, 0.1) is 6.92 Å². The summed E-state index contributed by atoms with van der Waals surface area (Å²) in [5, 5.41) is 3.02. The number of nitrogens with one attached hydrogen (secondary N) is 1. The van der Waals surface area contributed by atoms with Crippen molar-refractivity contribution in [2.45, 2.75) is 38.5 Å². The average molecular weight is 369 g/mol. The van der Waals surface area contributed by atoms with Crippen molar-refractivity contribution in [2.24, 2.45) is 0 Å². The van der Waals surface area contributed by atoms with Crippen LogP contribution in [-0.2, 0) is 17.1 Å². The van der Waals surface area contributed by atoms with Gasteiger partial charge in [0.25, 0.3) is 0 Å². The molecule has 3 rings (SSSR count). The first-order chi connectivity index (χ1) is 12.7. The Balaban J connectivity index is 1.38. The van der Waals surface area contributed by atoms with E-state index in [-0.39, 0.29) is 5.91 Å². The molecule has 2 aromatic rings. The van der Waals surface area contributed by atoms with Crippen LogP contribution in [0.4, 0.5) is 5.69 Å². The lowest BCUT2D eigenvalue weighted by Gasteiger charge is -2.28. The number of anilines is 1. The van der Waals surface area contributed by atoms with Crippen LogP contribution in [0.15, 0.2) is 48.5 Å². The van der Waals surface area contributed by atoms with Gasteiger partial charge in [-0.2, -0.15) is 0 Å². The molecular formula is C22H28N2OS. The van der Waals surface area contributed by atoms with Gasteiger partial charge in [-0.15, -0.1) is 11.8 Å². The molecule has 0 aliphatic carbocycles. The van der Waals surface area contributed by atoms with Crippen molar-refractivity contribution in [1.82, 2.24) is 5.32 Å². The minimum absolute atomic E-state index is 0.0998. The van der Waals surface area contributed by atoms with Crippen molar-refractivity contribution in [1.29, 1.82) is 0 Å². The maximum atomic E-state index is 12.0. The van der Waals surface area contributed by atoms with Crippen molar-refractivity contribution in [3.8, 4) is 0 Å². The van der Waals surface area contributed by atoms with Crippen LogP contribution in [0.2, 0.25) is 0 Å². The third-order valence-electron chi connectivity index (χ3n) is 4.73. The summed E-state index contributed by atoms with van der Waals surface area (Å²) >= 11 is 1.66. The van der Waals surface area contributed by atoms with Gasteiger partial charge >= 0.3 is 0 Å². The Morgan fingerprint density at radius 3 is 2.54 bits per heavy atom. The average Bonchev–Trinajstić information content (AvgIpc) is 2.68. The first kappa shape index (κ1) is 18.8. The number of carbonyl (C=O) groups is 1. The van der Waals surface area contributed by atoms with Crippen molar-refractivity contribution >= 4 is 23.4 Å². The number of hydrogen-bond acceptors (Lipinski definition) is 3. The zero-order valence-electron chi connectivity index (χ0n) is 15.5. The molecule has 0 saturated carbocycles. The first-order valence-corrected chi connectivity index (χ1v) is 10.6. The number of amides is 1. The van der Waals surface area contributed by atoms with Gasteiger partial charge in [-0.3, -0.25) is 4.79 Å². The quantitative estimate of drug-likeness (QED) is 0.779. The smallest absolute Gasteiger partial charge is 0.230 e. The number of aryl methyl sites for hydroxylation is 1. The van der Waals surface area contributed by atoms with E-state index in [1.807, 2.05) is 0 Å². The summed E-state index contributed by atoms with van der Waals surface area (Å²) in [6, 6.07) is 17.1. The Labute approximate surface area is 161 Å². The van der Waals surface area contributed by atoms with Crippen molar-refractivity contribution < 1.29 is 4.79 Å². The fraction of sp³-hybridized carbons (Fsp3) is 0.409. The lowest BCUT2D eigenvalue weighted by atomic mass is 10.1. The van der Waals surface area contributed by atoms with E-state index in [9.17, 15) is 4.79 Å². The van der Waals surface area contributed by atoms with E-state index in [0.29, 0.717) is 12.3 Å². The predicted molar refractivity (Wildman–Crippen MR) is 112 cm³/mol. The summed E-state index contributed by atoms with van der Waals surface area (Å²) in [7, 11) is 0. The summed E-state index contributed by atoms with van der Waals surface area (Å²) in [5.74, 6) is 1.47. The van der Waals surface area contributed by atoms with Crippen LogP contribution in [0.5, 0.6) is 0 Å². The molecule has 0 unspecified atom stereocenters. The Morgan fingerprint density at radius 2 is 1.81 bits per heavy atom. The van der Waals surface area contributed by atoms with Gasteiger partial charge in [0.1, 0.15) is 0 Å². The molecule has 1 N–H and O–H groups in total. The Kier molecular flexibility index (Phi) is 7.01. The molecule has 1 aliphatic heterocycles. The Hall–Kier alpha value is -1.94. The SMILES string of the molecule is Cc1cccc(CSCC(=O)NCc2ccc(N3CCCCC3)cc2)c1. The molecule has 4 heteroatoms. The molecule has 1 fully saturated rings. The highest BCUT2D eigenvalue weighted by Crippen LogP contribution is 2.20. The molecule has 0 bridgehead atoms. The van der Waals surface area contributed by atoms with Crippen molar-refractivity contribution in [3.05, 3.63) is 65.2 Å². The standard InChI is InChI=1S/C22H28N2OS/c1-18-6-5-7-20(14-18)16-26-17-22(25)23-15-19-8-10-21(11-9-19)24-12-3-2-4-13-24/h5-11,14H,2-4,12-13,15-17H2,1H3,(H,23,25). The minimum Gasteiger partial charge on any atom is -0.372 e. The van der Waals surface area contributed by atoms with Crippen molar-refractivity contribution in [3.63, 3.8) is 0 Å². The Bertz CT molecular complexity index is 708. The number of thioether (sulfide) groups is 1. The minimum atomic E-state index is 0.0998. The molecule has 0 radical (unpaired) electrons. The monoisotopic (exact) mass is 368 g/mol. The number of nitrogens with zero attached hydrogens (tertiary/aromatic N) is 1. The fourth-order valence-corrected chi connectivity index (χ4v) is 4.10. The van der Waals surface area contributed by atoms with Gasteiger partial charge in [-0.25, -0.2) is 0 Å².